The Kier molecular flexibility index (Phi) is 2.45. The van der Waals surface area contributed by atoms with Crippen LogP contribution in [-0.2, 0) is 0 Å². The van der Waals surface area contributed by atoms with Crippen molar-refractivity contribution >= 4 is 11.4 Å². The molecule has 1 aromatic rings. The highest BCUT2D eigenvalue weighted by Crippen LogP contribution is 2.26. The predicted octanol–water partition coefficient (Wildman–Crippen LogP) is 2.04. The molecule has 78 valence electrons. The molecule has 0 aromatic carbocycles. The SMILES string of the molecule is Nc1cnc(C2=CC(F)CC(F)=C2)cn1. The van der Waals surface area contributed by atoms with Gasteiger partial charge in [0.1, 0.15) is 17.8 Å². The third kappa shape index (κ3) is 2.18. The highest BCUT2D eigenvalue weighted by atomic mass is 19.1. The van der Waals surface area contributed by atoms with Crippen LogP contribution in [0, 0.1) is 0 Å². The Balaban J connectivity index is 2.35. The van der Waals surface area contributed by atoms with Crippen LogP contribution in [-0.4, -0.2) is 16.1 Å². The lowest BCUT2D eigenvalue weighted by Gasteiger charge is -2.11. The fourth-order valence-electron chi connectivity index (χ4n) is 1.36. The number of nitrogens with two attached hydrogens (primary N) is 1. The Labute approximate surface area is 85.3 Å². The summed E-state index contributed by atoms with van der Waals surface area (Å²) in [6, 6.07) is 0. The van der Waals surface area contributed by atoms with E-state index < -0.39 is 12.0 Å². The van der Waals surface area contributed by atoms with E-state index in [9.17, 15) is 8.78 Å². The molecule has 1 heterocycles. The Bertz CT molecular complexity index is 423. The van der Waals surface area contributed by atoms with Crippen LogP contribution in [0.15, 0.2) is 30.4 Å². The molecule has 0 saturated heterocycles. The fraction of sp³-hybridized carbons (Fsp3) is 0.200. The molecule has 0 amide bonds. The van der Waals surface area contributed by atoms with Crippen LogP contribution in [0.5, 0.6) is 0 Å². The molecule has 0 bridgehead atoms. The number of nitrogens with zero attached hydrogens (tertiary/aromatic N) is 2. The number of anilines is 1. The molecule has 0 spiro atoms. The van der Waals surface area contributed by atoms with Crippen LogP contribution in [0.3, 0.4) is 0 Å². The average molecular weight is 209 g/mol. The lowest BCUT2D eigenvalue weighted by Crippen LogP contribution is -2.04. The number of hydrogen-bond acceptors (Lipinski definition) is 3. The second-order valence-electron chi connectivity index (χ2n) is 3.26. The summed E-state index contributed by atoms with van der Waals surface area (Å²) in [5.74, 6) is -0.213. The van der Waals surface area contributed by atoms with Gasteiger partial charge in [-0.15, -0.1) is 0 Å². The fourth-order valence-corrected chi connectivity index (χ4v) is 1.36. The van der Waals surface area contributed by atoms with Crippen molar-refractivity contribution in [3.63, 3.8) is 0 Å². The van der Waals surface area contributed by atoms with Crippen molar-refractivity contribution in [2.75, 3.05) is 5.73 Å². The van der Waals surface area contributed by atoms with E-state index in [4.69, 9.17) is 5.73 Å². The zero-order chi connectivity index (χ0) is 10.8. The number of alkyl halides is 1. The largest absolute Gasteiger partial charge is 0.382 e. The van der Waals surface area contributed by atoms with Crippen molar-refractivity contribution in [1.29, 1.82) is 0 Å². The van der Waals surface area contributed by atoms with E-state index in [1.54, 1.807) is 0 Å². The Hall–Kier alpha value is -1.78. The molecule has 1 aliphatic carbocycles. The summed E-state index contributed by atoms with van der Waals surface area (Å²) in [6.07, 6.45) is 3.82. The maximum Gasteiger partial charge on any atom is 0.141 e. The Morgan fingerprint density at radius 3 is 2.73 bits per heavy atom. The normalized spacial score (nSPS) is 20.8. The number of allylic oxidation sites excluding steroid dienone is 4. The number of nitrogen functional groups attached to an aromatic ring is 1. The van der Waals surface area contributed by atoms with E-state index in [0.717, 1.165) is 0 Å². The van der Waals surface area contributed by atoms with Crippen LogP contribution in [0.2, 0.25) is 0 Å². The van der Waals surface area contributed by atoms with E-state index >= 15 is 0 Å². The molecular formula is C10H9F2N3. The zero-order valence-electron chi connectivity index (χ0n) is 7.82. The van der Waals surface area contributed by atoms with Gasteiger partial charge < -0.3 is 5.73 Å². The summed E-state index contributed by atoms with van der Waals surface area (Å²) >= 11 is 0. The van der Waals surface area contributed by atoms with Crippen molar-refractivity contribution in [1.82, 2.24) is 9.97 Å². The van der Waals surface area contributed by atoms with Gasteiger partial charge in [-0.25, -0.2) is 13.8 Å². The molecule has 1 aromatic heterocycles. The molecule has 0 aliphatic heterocycles. The maximum atomic E-state index is 13.0. The average Bonchev–Trinajstić information content (AvgIpc) is 2.17. The van der Waals surface area contributed by atoms with Gasteiger partial charge in [-0.05, 0) is 12.2 Å². The number of halogens is 2. The number of aromatic nitrogens is 2. The van der Waals surface area contributed by atoms with Gasteiger partial charge in [0.25, 0.3) is 0 Å². The van der Waals surface area contributed by atoms with Gasteiger partial charge in [0.15, 0.2) is 0 Å². The second-order valence-corrected chi connectivity index (χ2v) is 3.26. The molecule has 1 unspecified atom stereocenters. The van der Waals surface area contributed by atoms with E-state index in [1.165, 1.54) is 24.5 Å². The molecule has 5 heteroatoms. The highest BCUT2D eigenvalue weighted by Gasteiger charge is 2.15. The van der Waals surface area contributed by atoms with Crippen LogP contribution in [0.4, 0.5) is 14.6 Å². The molecule has 2 rings (SSSR count). The van der Waals surface area contributed by atoms with E-state index in [0.29, 0.717) is 11.3 Å². The van der Waals surface area contributed by atoms with Gasteiger partial charge in [0.05, 0.1) is 18.1 Å². The van der Waals surface area contributed by atoms with E-state index in [2.05, 4.69) is 9.97 Å². The van der Waals surface area contributed by atoms with Crippen molar-refractivity contribution in [2.24, 2.45) is 0 Å². The molecule has 1 atom stereocenters. The van der Waals surface area contributed by atoms with Crippen molar-refractivity contribution < 1.29 is 8.78 Å². The lowest BCUT2D eigenvalue weighted by molar-refractivity contribution is 0.370. The molecule has 0 fully saturated rings. The van der Waals surface area contributed by atoms with Gasteiger partial charge in [-0.1, -0.05) is 0 Å². The van der Waals surface area contributed by atoms with Gasteiger partial charge in [0, 0.05) is 12.0 Å². The molecule has 0 saturated carbocycles. The first-order valence-corrected chi connectivity index (χ1v) is 4.45. The van der Waals surface area contributed by atoms with Gasteiger partial charge in [-0.2, -0.15) is 0 Å². The number of rotatable bonds is 1. The van der Waals surface area contributed by atoms with Gasteiger partial charge in [-0.3, -0.25) is 4.98 Å². The summed E-state index contributed by atoms with van der Waals surface area (Å²) in [6.45, 7) is 0. The predicted molar refractivity (Wildman–Crippen MR) is 53.1 cm³/mol. The minimum Gasteiger partial charge on any atom is -0.382 e. The zero-order valence-corrected chi connectivity index (χ0v) is 7.82. The summed E-state index contributed by atoms with van der Waals surface area (Å²) in [7, 11) is 0. The van der Waals surface area contributed by atoms with E-state index in [1.807, 2.05) is 0 Å². The minimum absolute atomic E-state index is 0.202. The minimum atomic E-state index is -1.30. The Morgan fingerprint density at radius 2 is 2.13 bits per heavy atom. The molecular weight excluding hydrogens is 200 g/mol. The van der Waals surface area contributed by atoms with E-state index in [-0.39, 0.29) is 12.2 Å². The standard InChI is InChI=1S/C10H9F2N3/c11-7-1-6(2-8(12)3-7)9-4-15-10(13)5-14-9/h1-2,4-5,7H,3H2,(H2,13,15). The molecule has 15 heavy (non-hydrogen) atoms. The Morgan fingerprint density at radius 1 is 1.33 bits per heavy atom. The second kappa shape index (κ2) is 3.76. The number of hydrogen-bond donors (Lipinski definition) is 1. The monoisotopic (exact) mass is 209 g/mol. The summed E-state index contributed by atoms with van der Waals surface area (Å²) in [5.41, 5.74) is 6.17. The van der Waals surface area contributed by atoms with Gasteiger partial charge >= 0.3 is 0 Å². The van der Waals surface area contributed by atoms with Crippen LogP contribution < -0.4 is 5.73 Å². The topological polar surface area (TPSA) is 51.8 Å². The molecule has 0 radical (unpaired) electrons. The first-order chi connectivity index (χ1) is 7.15. The van der Waals surface area contributed by atoms with Crippen LogP contribution >= 0.6 is 0 Å². The van der Waals surface area contributed by atoms with Crippen molar-refractivity contribution in [3.05, 3.63) is 36.1 Å². The van der Waals surface area contributed by atoms with Crippen LogP contribution in [0.25, 0.3) is 5.57 Å². The smallest absolute Gasteiger partial charge is 0.141 e. The summed E-state index contributed by atoms with van der Waals surface area (Å²) in [5, 5.41) is 0. The summed E-state index contributed by atoms with van der Waals surface area (Å²) < 4.78 is 26.0. The summed E-state index contributed by atoms with van der Waals surface area (Å²) in [4.78, 5) is 7.74. The third-order valence-corrected chi connectivity index (χ3v) is 2.03. The van der Waals surface area contributed by atoms with Crippen molar-refractivity contribution in [3.8, 4) is 0 Å². The maximum absolute atomic E-state index is 13.0. The molecule has 2 N–H and O–H groups in total. The first kappa shape index (κ1) is 9.76. The molecule has 1 aliphatic rings. The lowest BCUT2D eigenvalue weighted by atomic mass is 10.0. The quantitative estimate of drug-likeness (QED) is 0.769. The third-order valence-electron chi connectivity index (χ3n) is 2.03. The first-order valence-electron chi connectivity index (χ1n) is 4.45. The highest BCUT2D eigenvalue weighted by molar-refractivity contribution is 5.73. The van der Waals surface area contributed by atoms with Crippen LogP contribution in [0.1, 0.15) is 12.1 Å². The molecule has 3 nitrogen and oxygen atoms in total. The van der Waals surface area contributed by atoms with Crippen molar-refractivity contribution in [2.45, 2.75) is 12.6 Å². The van der Waals surface area contributed by atoms with Gasteiger partial charge in [0.2, 0.25) is 0 Å².